The number of aryl methyl sites for hydroxylation is 1. The number of hydrogen-bond donors (Lipinski definition) is 0. The number of nitrogens with zero attached hydrogens (tertiary/aromatic N) is 3. The number of ether oxygens (including phenoxy) is 2. The molecule has 0 bridgehead atoms. The molecule has 0 N–H and O–H groups in total. The maximum absolute atomic E-state index is 14.2. The van der Waals surface area contributed by atoms with Gasteiger partial charge in [-0.25, -0.2) is 9.79 Å². The Kier molecular flexibility index (Phi) is 8.25. The number of hydrogen-bond acceptors (Lipinski definition) is 9. The summed E-state index contributed by atoms with van der Waals surface area (Å²) in [5.74, 6) is 0.795. The van der Waals surface area contributed by atoms with Crippen molar-refractivity contribution in [2.24, 2.45) is 4.99 Å². The Bertz CT molecular complexity index is 2210. The maximum atomic E-state index is 14.2. The normalized spacial score (nSPS) is 14.5. The summed E-state index contributed by atoms with van der Waals surface area (Å²) in [4.78, 5) is 44.2. The van der Waals surface area contributed by atoms with Crippen molar-refractivity contribution in [3.8, 4) is 17.1 Å². The lowest BCUT2D eigenvalue weighted by atomic mass is 9.93. The Labute approximate surface area is 267 Å². The summed E-state index contributed by atoms with van der Waals surface area (Å²) < 4.78 is 18.9. The number of fused-ring (bicyclic) bond motifs is 1. The van der Waals surface area contributed by atoms with E-state index in [1.165, 1.54) is 22.0 Å². The van der Waals surface area contributed by atoms with Crippen molar-refractivity contribution in [2.45, 2.75) is 26.8 Å². The van der Waals surface area contributed by atoms with Gasteiger partial charge < -0.3 is 13.9 Å². The standard InChI is InChI=1S/C35H29N3O7S/c1-5-44-34(40)30-31(22-10-7-6-8-11-22)36-35-37(32(30)23-12-9-13-25(17-23)43-4)33(39)29(46-35)19-26-14-15-28(45-26)24-16-20(2)21(3)27(18-24)38(41)42/h6-19,32H,5H2,1-4H3/b29-19-/t32-/m0/s1. The van der Waals surface area contributed by atoms with E-state index in [-0.39, 0.29) is 23.4 Å². The average Bonchev–Trinajstić information content (AvgIpc) is 3.65. The van der Waals surface area contributed by atoms with Crippen molar-refractivity contribution in [1.82, 2.24) is 4.57 Å². The van der Waals surface area contributed by atoms with Crippen LogP contribution in [0.1, 0.15) is 41.0 Å². The highest BCUT2D eigenvalue weighted by atomic mass is 32.1. The van der Waals surface area contributed by atoms with Crippen LogP contribution in [0.25, 0.3) is 23.1 Å². The van der Waals surface area contributed by atoms with Gasteiger partial charge >= 0.3 is 5.97 Å². The summed E-state index contributed by atoms with van der Waals surface area (Å²) in [6, 6.07) is 22.4. The van der Waals surface area contributed by atoms with Gasteiger partial charge in [-0.05, 0) is 62.2 Å². The molecule has 5 aromatic rings. The minimum atomic E-state index is -0.856. The Morgan fingerprint density at radius 1 is 1.07 bits per heavy atom. The molecule has 1 aliphatic heterocycles. The van der Waals surface area contributed by atoms with E-state index in [1.807, 2.05) is 49.4 Å². The monoisotopic (exact) mass is 635 g/mol. The van der Waals surface area contributed by atoms with Crippen LogP contribution in [0.2, 0.25) is 0 Å². The van der Waals surface area contributed by atoms with E-state index in [1.54, 1.807) is 57.4 Å². The van der Waals surface area contributed by atoms with Crippen LogP contribution in [0, 0.1) is 24.0 Å². The molecule has 0 aliphatic carbocycles. The minimum Gasteiger partial charge on any atom is -0.497 e. The lowest BCUT2D eigenvalue weighted by Gasteiger charge is -2.26. The Hall–Kier alpha value is -5.55. The van der Waals surface area contributed by atoms with E-state index < -0.39 is 16.9 Å². The number of esters is 1. The maximum Gasteiger partial charge on any atom is 0.338 e. The van der Waals surface area contributed by atoms with Crippen LogP contribution in [0.4, 0.5) is 5.69 Å². The van der Waals surface area contributed by atoms with Gasteiger partial charge in [-0.2, -0.15) is 0 Å². The molecule has 0 fully saturated rings. The summed E-state index contributed by atoms with van der Waals surface area (Å²) in [5.41, 5.74) is 3.54. The highest BCUT2D eigenvalue weighted by Crippen LogP contribution is 2.36. The van der Waals surface area contributed by atoms with Gasteiger partial charge in [0.25, 0.3) is 11.2 Å². The Balaban J connectivity index is 1.54. The molecule has 0 saturated heterocycles. The second kappa shape index (κ2) is 12.4. The molecule has 0 spiro atoms. The molecule has 0 unspecified atom stereocenters. The summed E-state index contributed by atoms with van der Waals surface area (Å²) >= 11 is 1.17. The van der Waals surface area contributed by atoms with Gasteiger partial charge in [0.2, 0.25) is 0 Å². The van der Waals surface area contributed by atoms with E-state index in [0.29, 0.717) is 54.6 Å². The molecule has 3 aromatic carbocycles. The van der Waals surface area contributed by atoms with Crippen LogP contribution in [0.3, 0.4) is 0 Å². The fraction of sp³-hybridized carbons (Fsp3) is 0.171. The van der Waals surface area contributed by atoms with Gasteiger partial charge in [-0.1, -0.05) is 53.8 Å². The van der Waals surface area contributed by atoms with E-state index in [2.05, 4.69) is 0 Å². The first kappa shape index (κ1) is 30.5. The summed E-state index contributed by atoms with van der Waals surface area (Å²) in [5, 5.41) is 11.6. The van der Waals surface area contributed by atoms with Gasteiger partial charge in [0.05, 0.1) is 40.5 Å². The first-order valence-corrected chi connectivity index (χ1v) is 15.3. The summed E-state index contributed by atoms with van der Waals surface area (Å²) in [6.07, 6.45) is 1.61. The second-order valence-electron chi connectivity index (χ2n) is 10.6. The third kappa shape index (κ3) is 5.56. The number of carbonyl (C=O) groups excluding carboxylic acids is 1. The number of carbonyl (C=O) groups is 1. The number of furan rings is 1. The Morgan fingerprint density at radius 3 is 2.57 bits per heavy atom. The topological polar surface area (TPSA) is 126 Å². The molecule has 2 aromatic heterocycles. The van der Waals surface area contributed by atoms with Crippen LogP contribution in [-0.2, 0) is 9.53 Å². The van der Waals surface area contributed by atoms with Crippen LogP contribution < -0.4 is 19.6 Å². The number of aromatic nitrogens is 1. The number of nitro groups is 1. The molecule has 6 rings (SSSR count). The molecule has 232 valence electrons. The van der Waals surface area contributed by atoms with Crippen molar-refractivity contribution in [2.75, 3.05) is 13.7 Å². The van der Waals surface area contributed by atoms with Crippen molar-refractivity contribution < 1.29 is 23.6 Å². The highest BCUT2D eigenvalue weighted by molar-refractivity contribution is 7.07. The Morgan fingerprint density at radius 2 is 1.85 bits per heavy atom. The molecule has 1 aliphatic rings. The minimum absolute atomic E-state index is 0.00502. The first-order chi connectivity index (χ1) is 22.2. The number of nitro benzene ring substituents is 1. The van der Waals surface area contributed by atoms with Gasteiger partial charge in [0.15, 0.2) is 4.80 Å². The molecule has 3 heterocycles. The third-order valence-electron chi connectivity index (χ3n) is 7.80. The van der Waals surface area contributed by atoms with Crippen molar-refractivity contribution >= 4 is 34.8 Å². The molecule has 0 saturated carbocycles. The molecule has 0 radical (unpaired) electrons. The third-order valence-corrected chi connectivity index (χ3v) is 8.79. The van der Waals surface area contributed by atoms with Crippen LogP contribution >= 0.6 is 11.3 Å². The predicted molar refractivity (Wildman–Crippen MR) is 174 cm³/mol. The average molecular weight is 636 g/mol. The van der Waals surface area contributed by atoms with E-state index in [4.69, 9.17) is 18.9 Å². The number of methoxy groups -OCH3 is 1. The quantitative estimate of drug-likeness (QED) is 0.121. The number of thiazole rings is 1. The summed E-state index contributed by atoms with van der Waals surface area (Å²) in [6.45, 7) is 5.39. The highest BCUT2D eigenvalue weighted by Gasteiger charge is 2.35. The molecule has 1 atom stereocenters. The van der Waals surface area contributed by atoms with Crippen LogP contribution in [0.5, 0.6) is 5.75 Å². The second-order valence-corrected chi connectivity index (χ2v) is 11.6. The molecule has 46 heavy (non-hydrogen) atoms. The first-order valence-electron chi connectivity index (χ1n) is 14.5. The van der Waals surface area contributed by atoms with E-state index >= 15 is 0 Å². The number of benzene rings is 3. The van der Waals surface area contributed by atoms with Crippen LogP contribution in [0.15, 0.2) is 98.6 Å². The lowest BCUT2D eigenvalue weighted by molar-refractivity contribution is -0.385. The smallest absolute Gasteiger partial charge is 0.338 e. The fourth-order valence-electron chi connectivity index (χ4n) is 5.45. The van der Waals surface area contributed by atoms with Gasteiger partial charge in [-0.3, -0.25) is 19.5 Å². The predicted octanol–water partition coefficient (Wildman–Crippen LogP) is 5.73. The number of rotatable bonds is 8. The van der Waals surface area contributed by atoms with E-state index in [0.717, 1.165) is 5.56 Å². The zero-order chi connectivity index (χ0) is 32.5. The van der Waals surface area contributed by atoms with Gasteiger partial charge in [0.1, 0.15) is 17.3 Å². The van der Waals surface area contributed by atoms with E-state index in [9.17, 15) is 19.7 Å². The zero-order valence-corrected chi connectivity index (χ0v) is 26.3. The van der Waals surface area contributed by atoms with Gasteiger partial charge in [0, 0.05) is 28.8 Å². The van der Waals surface area contributed by atoms with Crippen LogP contribution in [-0.4, -0.2) is 29.2 Å². The molecule has 11 heteroatoms. The summed E-state index contributed by atoms with van der Waals surface area (Å²) in [7, 11) is 1.55. The van der Waals surface area contributed by atoms with Crippen molar-refractivity contribution in [1.29, 1.82) is 0 Å². The van der Waals surface area contributed by atoms with Gasteiger partial charge in [-0.15, -0.1) is 0 Å². The SMILES string of the molecule is CCOC(=O)C1=C(c2ccccc2)N=c2s/c(=C\c3ccc(-c4cc(C)c(C)c([N+](=O)[O-])c4)o3)c(=O)n2[C@H]1c1cccc(OC)c1. The zero-order valence-electron chi connectivity index (χ0n) is 25.5. The molecular weight excluding hydrogens is 606 g/mol. The molecule has 10 nitrogen and oxygen atoms in total. The lowest BCUT2D eigenvalue weighted by Crippen LogP contribution is -2.40. The van der Waals surface area contributed by atoms with Crippen molar-refractivity contribution in [3.05, 3.63) is 142 Å². The van der Waals surface area contributed by atoms with Crippen molar-refractivity contribution in [3.63, 3.8) is 0 Å². The molecular formula is C35H29N3O7S. The fourth-order valence-corrected chi connectivity index (χ4v) is 6.44. The largest absolute Gasteiger partial charge is 0.497 e. The molecule has 0 amide bonds.